The van der Waals surface area contributed by atoms with Crippen LogP contribution in [0.2, 0.25) is 5.02 Å². The average molecular weight is 446 g/mol. The summed E-state index contributed by atoms with van der Waals surface area (Å²) in [6.07, 6.45) is 1.63. The molecule has 1 aromatic heterocycles. The Hall–Kier alpha value is -2.94. The molecule has 0 atom stereocenters. The van der Waals surface area contributed by atoms with Gasteiger partial charge in [0, 0.05) is 23.3 Å². The second-order valence-corrected chi connectivity index (χ2v) is 8.66. The molecular weight excluding hydrogens is 426 g/mol. The molecule has 7 nitrogen and oxygen atoms in total. The fourth-order valence-corrected chi connectivity index (χ4v) is 3.95. The van der Waals surface area contributed by atoms with Crippen LogP contribution in [0.3, 0.4) is 0 Å². The summed E-state index contributed by atoms with van der Waals surface area (Å²) in [5.41, 5.74) is 1.85. The zero-order chi connectivity index (χ0) is 21.7. The molecule has 30 heavy (non-hydrogen) atoms. The van der Waals surface area contributed by atoms with Gasteiger partial charge in [-0.3, -0.25) is 4.79 Å². The van der Waals surface area contributed by atoms with E-state index in [1.54, 1.807) is 36.5 Å². The van der Waals surface area contributed by atoms with E-state index in [-0.39, 0.29) is 22.8 Å². The number of anilines is 1. The third-order valence-corrected chi connectivity index (χ3v) is 5.92. The number of nitrogens with one attached hydrogen (secondary N) is 2. The van der Waals surface area contributed by atoms with Gasteiger partial charge in [0.2, 0.25) is 10.0 Å². The van der Waals surface area contributed by atoms with Gasteiger partial charge < -0.3 is 10.1 Å². The van der Waals surface area contributed by atoms with Crippen molar-refractivity contribution in [1.29, 1.82) is 0 Å². The van der Waals surface area contributed by atoms with Gasteiger partial charge in [0.05, 0.1) is 7.11 Å². The number of hydrogen-bond acceptors (Lipinski definition) is 5. The lowest BCUT2D eigenvalue weighted by atomic mass is 10.2. The van der Waals surface area contributed by atoms with Gasteiger partial charge in [-0.2, -0.15) is 0 Å². The minimum absolute atomic E-state index is 0.0619. The van der Waals surface area contributed by atoms with Gasteiger partial charge in [0.1, 0.15) is 16.5 Å². The van der Waals surface area contributed by atoms with Crippen molar-refractivity contribution in [3.05, 3.63) is 82.5 Å². The third-order valence-electron chi connectivity index (χ3n) is 4.25. The van der Waals surface area contributed by atoms with Crippen molar-refractivity contribution in [3.63, 3.8) is 0 Å². The van der Waals surface area contributed by atoms with E-state index < -0.39 is 15.9 Å². The van der Waals surface area contributed by atoms with Gasteiger partial charge >= 0.3 is 0 Å². The van der Waals surface area contributed by atoms with E-state index >= 15 is 0 Å². The topological polar surface area (TPSA) is 97.4 Å². The summed E-state index contributed by atoms with van der Waals surface area (Å²) in [5, 5.41) is 3.21. The Morgan fingerprint density at radius 3 is 2.47 bits per heavy atom. The molecule has 2 N–H and O–H groups in total. The summed E-state index contributed by atoms with van der Waals surface area (Å²) in [7, 11) is -2.58. The fourth-order valence-electron chi connectivity index (χ4n) is 2.62. The molecular formula is C21H20ClN3O4S. The minimum atomic E-state index is -3.95. The predicted octanol–water partition coefficient (Wildman–Crippen LogP) is 3.78. The lowest BCUT2D eigenvalue weighted by Gasteiger charge is -2.13. The zero-order valence-corrected chi connectivity index (χ0v) is 17.9. The number of aromatic nitrogens is 1. The maximum atomic E-state index is 12.9. The van der Waals surface area contributed by atoms with Gasteiger partial charge in [-0.25, -0.2) is 18.1 Å². The second-order valence-electron chi connectivity index (χ2n) is 6.49. The van der Waals surface area contributed by atoms with Crippen molar-refractivity contribution in [2.45, 2.75) is 18.4 Å². The highest BCUT2D eigenvalue weighted by molar-refractivity contribution is 7.89. The van der Waals surface area contributed by atoms with E-state index in [9.17, 15) is 13.2 Å². The molecule has 0 radical (unpaired) electrons. The van der Waals surface area contributed by atoms with E-state index in [0.29, 0.717) is 10.8 Å². The Bertz CT molecular complexity index is 1150. The van der Waals surface area contributed by atoms with E-state index in [4.69, 9.17) is 16.3 Å². The summed E-state index contributed by atoms with van der Waals surface area (Å²) < 4.78 is 33.4. The molecule has 2 aromatic carbocycles. The molecule has 0 aliphatic rings. The fraction of sp³-hybridized carbons (Fsp3) is 0.143. The molecule has 0 aliphatic carbocycles. The van der Waals surface area contributed by atoms with Crippen molar-refractivity contribution < 1.29 is 17.9 Å². The van der Waals surface area contributed by atoms with E-state index in [1.807, 2.05) is 13.0 Å². The Balaban J connectivity index is 1.82. The number of rotatable bonds is 7. The van der Waals surface area contributed by atoms with Crippen LogP contribution in [-0.2, 0) is 16.6 Å². The number of sulfonamides is 1. The van der Waals surface area contributed by atoms with Crippen molar-refractivity contribution in [2.75, 3.05) is 12.4 Å². The van der Waals surface area contributed by atoms with Crippen LogP contribution in [0.1, 0.15) is 21.5 Å². The number of hydrogen-bond donors (Lipinski definition) is 2. The first kappa shape index (κ1) is 21.8. The highest BCUT2D eigenvalue weighted by Crippen LogP contribution is 2.25. The quantitative estimate of drug-likeness (QED) is 0.576. The Kier molecular flexibility index (Phi) is 6.71. The standard InChI is InChI=1S/C21H20ClN3O4S/c1-14-3-10-20(23-12-14)25-21(26)16-6-9-18(29-2)19(11-16)30(27,28)24-13-15-4-7-17(22)8-5-15/h3-12,24H,13H2,1-2H3,(H,23,25,26). The molecule has 0 bridgehead atoms. The molecule has 1 amide bonds. The number of carbonyl (C=O) groups is 1. The van der Waals surface area contributed by atoms with Crippen molar-refractivity contribution in [2.24, 2.45) is 0 Å². The molecule has 3 rings (SSSR count). The van der Waals surface area contributed by atoms with Crippen LogP contribution < -0.4 is 14.8 Å². The average Bonchev–Trinajstić information content (AvgIpc) is 2.74. The Labute approximate surface area is 180 Å². The molecule has 0 fully saturated rings. The Morgan fingerprint density at radius 1 is 1.10 bits per heavy atom. The molecule has 9 heteroatoms. The van der Waals surface area contributed by atoms with Gasteiger partial charge in [-0.15, -0.1) is 0 Å². The van der Waals surface area contributed by atoms with E-state index in [1.165, 1.54) is 25.3 Å². The highest BCUT2D eigenvalue weighted by atomic mass is 35.5. The monoisotopic (exact) mass is 445 g/mol. The first-order chi connectivity index (χ1) is 14.3. The number of pyridine rings is 1. The molecule has 0 unspecified atom stereocenters. The SMILES string of the molecule is COc1ccc(C(=O)Nc2ccc(C)cn2)cc1S(=O)(=O)NCc1ccc(Cl)cc1. The van der Waals surface area contributed by atoms with E-state index in [2.05, 4.69) is 15.0 Å². The number of ether oxygens (including phenoxy) is 1. The number of benzene rings is 2. The Morgan fingerprint density at radius 2 is 1.83 bits per heavy atom. The number of halogens is 1. The van der Waals surface area contributed by atoms with Crippen LogP contribution in [0, 0.1) is 6.92 Å². The summed E-state index contributed by atoms with van der Waals surface area (Å²) in [5.74, 6) is 0.0125. The lowest BCUT2D eigenvalue weighted by molar-refractivity contribution is 0.102. The normalized spacial score (nSPS) is 11.2. The molecule has 0 saturated carbocycles. The largest absolute Gasteiger partial charge is 0.495 e. The van der Waals surface area contributed by atoms with Gasteiger partial charge in [-0.05, 0) is 54.4 Å². The van der Waals surface area contributed by atoms with Crippen LogP contribution in [-0.4, -0.2) is 26.4 Å². The van der Waals surface area contributed by atoms with Crippen LogP contribution in [0.25, 0.3) is 0 Å². The molecule has 1 heterocycles. The highest BCUT2D eigenvalue weighted by Gasteiger charge is 2.22. The van der Waals surface area contributed by atoms with Crippen molar-refractivity contribution in [1.82, 2.24) is 9.71 Å². The molecule has 0 aliphatic heterocycles. The van der Waals surface area contributed by atoms with Crippen molar-refractivity contribution >= 4 is 33.3 Å². The van der Waals surface area contributed by atoms with Crippen LogP contribution in [0.4, 0.5) is 5.82 Å². The first-order valence-corrected chi connectivity index (χ1v) is 10.8. The van der Waals surface area contributed by atoms with Gasteiger partial charge in [-0.1, -0.05) is 29.8 Å². The molecule has 3 aromatic rings. The molecule has 156 valence electrons. The number of aryl methyl sites for hydroxylation is 1. The first-order valence-electron chi connectivity index (χ1n) is 8.94. The van der Waals surface area contributed by atoms with Crippen LogP contribution in [0.15, 0.2) is 65.7 Å². The number of carbonyl (C=O) groups excluding carboxylic acids is 1. The summed E-state index contributed by atoms with van der Waals surface area (Å²) >= 11 is 5.85. The minimum Gasteiger partial charge on any atom is -0.495 e. The summed E-state index contributed by atoms with van der Waals surface area (Å²) in [4.78, 5) is 16.6. The molecule has 0 saturated heterocycles. The number of nitrogens with zero attached hydrogens (tertiary/aromatic N) is 1. The summed E-state index contributed by atoms with van der Waals surface area (Å²) in [6.45, 7) is 1.95. The molecule has 0 spiro atoms. The van der Waals surface area contributed by atoms with Gasteiger partial charge in [0.25, 0.3) is 5.91 Å². The van der Waals surface area contributed by atoms with Crippen LogP contribution in [0.5, 0.6) is 5.75 Å². The predicted molar refractivity (Wildman–Crippen MR) is 115 cm³/mol. The maximum Gasteiger partial charge on any atom is 0.256 e. The smallest absolute Gasteiger partial charge is 0.256 e. The maximum absolute atomic E-state index is 12.9. The summed E-state index contributed by atoms with van der Waals surface area (Å²) in [6, 6.07) is 14.5. The number of methoxy groups -OCH3 is 1. The lowest BCUT2D eigenvalue weighted by Crippen LogP contribution is -2.24. The van der Waals surface area contributed by atoms with Crippen molar-refractivity contribution in [3.8, 4) is 5.75 Å². The number of amides is 1. The zero-order valence-electron chi connectivity index (χ0n) is 16.3. The van der Waals surface area contributed by atoms with E-state index in [0.717, 1.165) is 11.1 Å². The second kappa shape index (κ2) is 9.25. The van der Waals surface area contributed by atoms with Gasteiger partial charge in [0.15, 0.2) is 0 Å². The third kappa shape index (κ3) is 5.35. The van der Waals surface area contributed by atoms with Crippen LogP contribution >= 0.6 is 11.6 Å².